The van der Waals surface area contributed by atoms with Crippen molar-refractivity contribution in [2.24, 2.45) is 7.05 Å². The fourth-order valence-corrected chi connectivity index (χ4v) is 3.93. The maximum atomic E-state index is 12.6. The number of nitrogens with one attached hydrogen (secondary N) is 1. The summed E-state index contributed by atoms with van der Waals surface area (Å²) in [7, 11) is -1.58. The van der Waals surface area contributed by atoms with Crippen LogP contribution in [0.15, 0.2) is 24.3 Å². The van der Waals surface area contributed by atoms with E-state index in [0.29, 0.717) is 34.6 Å². The minimum atomic E-state index is -3.33. The van der Waals surface area contributed by atoms with Crippen molar-refractivity contribution in [3.05, 3.63) is 41.2 Å². The van der Waals surface area contributed by atoms with Crippen LogP contribution in [0, 0.1) is 11.3 Å². The maximum absolute atomic E-state index is 12.6. The van der Waals surface area contributed by atoms with Crippen LogP contribution in [0.2, 0.25) is 0 Å². The molecule has 1 heterocycles. The van der Waals surface area contributed by atoms with Gasteiger partial charge in [0.25, 0.3) is 0 Å². The first-order valence-electron chi connectivity index (χ1n) is 10.2. The van der Waals surface area contributed by atoms with Gasteiger partial charge in [0, 0.05) is 24.8 Å². The lowest BCUT2D eigenvalue weighted by Gasteiger charge is -2.11. The lowest BCUT2D eigenvalue weighted by Crippen LogP contribution is -2.33. The summed E-state index contributed by atoms with van der Waals surface area (Å²) in [4.78, 5) is 12.6. The zero-order valence-electron chi connectivity index (χ0n) is 18.6. The van der Waals surface area contributed by atoms with Crippen molar-refractivity contribution in [1.82, 2.24) is 9.29 Å². The highest BCUT2D eigenvalue weighted by atomic mass is 32.2. The lowest BCUT2D eigenvalue weighted by molar-refractivity contribution is 0.0516. The Balaban J connectivity index is 2.26. The van der Waals surface area contributed by atoms with Gasteiger partial charge in [0.15, 0.2) is 0 Å². The normalized spacial score (nSPS) is 11.4. The first kappa shape index (κ1) is 24.4. The molecule has 0 spiro atoms. The molecule has 1 aromatic carbocycles. The van der Waals surface area contributed by atoms with E-state index in [2.05, 4.69) is 10.8 Å². The number of ether oxygens (including phenoxy) is 2. The number of hydrogen-bond acceptors (Lipinski definition) is 6. The molecule has 0 atom stereocenters. The van der Waals surface area contributed by atoms with Gasteiger partial charge >= 0.3 is 5.97 Å². The topological polar surface area (TPSA) is 110 Å². The highest BCUT2D eigenvalue weighted by molar-refractivity contribution is 7.90. The standard InChI is InChI=1S/C22H29N3O5S/c1-6-19-18(14-23)20(21(25(19)5)22(26)29-7-2)16-8-10-17(11-9-16)30-13-12-24-31(27,28)15(3)4/h8-11,15,24H,6-7,12-13H2,1-5H3. The van der Waals surface area contributed by atoms with E-state index in [1.54, 1.807) is 56.7 Å². The molecule has 0 bridgehead atoms. The van der Waals surface area contributed by atoms with Gasteiger partial charge in [-0.2, -0.15) is 5.26 Å². The van der Waals surface area contributed by atoms with Gasteiger partial charge in [-0.25, -0.2) is 17.9 Å². The van der Waals surface area contributed by atoms with E-state index in [4.69, 9.17) is 9.47 Å². The third-order valence-electron chi connectivity index (χ3n) is 4.87. The van der Waals surface area contributed by atoms with Crippen LogP contribution in [0.25, 0.3) is 11.1 Å². The van der Waals surface area contributed by atoms with Crippen LogP contribution in [0.4, 0.5) is 0 Å². The Morgan fingerprint density at radius 1 is 1.23 bits per heavy atom. The molecule has 0 fully saturated rings. The molecule has 0 unspecified atom stereocenters. The first-order chi connectivity index (χ1) is 14.7. The minimum Gasteiger partial charge on any atom is -0.492 e. The SMILES string of the molecule is CCOC(=O)c1c(-c2ccc(OCCNS(=O)(=O)C(C)C)cc2)c(C#N)c(CC)n1C. The van der Waals surface area contributed by atoms with Crippen molar-refractivity contribution in [2.75, 3.05) is 19.8 Å². The summed E-state index contributed by atoms with van der Waals surface area (Å²) in [6.07, 6.45) is 0.597. The van der Waals surface area contributed by atoms with E-state index >= 15 is 0 Å². The maximum Gasteiger partial charge on any atom is 0.355 e. The molecular weight excluding hydrogens is 418 g/mol. The Morgan fingerprint density at radius 3 is 2.39 bits per heavy atom. The van der Waals surface area contributed by atoms with Crippen molar-refractivity contribution < 1.29 is 22.7 Å². The van der Waals surface area contributed by atoms with Gasteiger partial charge in [-0.3, -0.25) is 0 Å². The molecule has 0 radical (unpaired) electrons. The average Bonchev–Trinajstić information content (AvgIpc) is 3.03. The number of aromatic nitrogens is 1. The second-order valence-corrected chi connectivity index (χ2v) is 9.47. The van der Waals surface area contributed by atoms with Crippen LogP contribution in [0.3, 0.4) is 0 Å². The number of rotatable bonds is 10. The van der Waals surface area contributed by atoms with E-state index in [9.17, 15) is 18.5 Å². The second kappa shape index (κ2) is 10.5. The summed E-state index contributed by atoms with van der Waals surface area (Å²) in [5.74, 6) is 0.0734. The zero-order chi connectivity index (χ0) is 23.2. The fourth-order valence-electron chi connectivity index (χ4n) is 3.22. The highest BCUT2D eigenvalue weighted by Crippen LogP contribution is 2.34. The summed E-state index contributed by atoms with van der Waals surface area (Å²) >= 11 is 0. The number of sulfonamides is 1. The summed E-state index contributed by atoms with van der Waals surface area (Å²) in [5, 5.41) is 9.24. The molecule has 1 N–H and O–H groups in total. The Hall–Kier alpha value is -2.83. The van der Waals surface area contributed by atoms with Crippen molar-refractivity contribution in [3.63, 3.8) is 0 Å². The van der Waals surface area contributed by atoms with Crippen molar-refractivity contribution in [3.8, 4) is 22.9 Å². The van der Waals surface area contributed by atoms with Crippen LogP contribution in [0.5, 0.6) is 5.75 Å². The first-order valence-corrected chi connectivity index (χ1v) is 11.7. The number of carbonyl (C=O) groups excluding carboxylic acids is 1. The third-order valence-corrected chi connectivity index (χ3v) is 6.72. The number of esters is 1. The zero-order valence-corrected chi connectivity index (χ0v) is 19.4. The number of benzene rings is 1. The average molecular weight is 448 g/mol. The van der Waals surface area contributed by atoms with Gasteiger partial charge in [-0.15, -0.1) is 0 Å². The molecule has 9 heteroatoms. The minimum absolute atomic E-state index is 0.159. The van der Waals surface area contributed by atoms with Crippen molar-refractivity contribution in [1.29, 1.82) is 5.26 Å². The van der Waals surface area contributed by atoms with E-state index in [-0.39, 0.29) is 19.8 Å². The molecule has 2 aromatic rings. The van der Waals surface area contributed by atoms with E-state index in [1.165, 1.54) is 0 Å². The lowest BCUT2D eigenvalue weighted by atomic mass is 10.00. The van der Waals surface area contributed by atoms with Crippen LogP contribution in [-0.2, 0) is 28.2 Å². The molecule has 0 aliphatic carbocycles. The van der Waals surface area contributed by atoms with Crippen LogP contribution >= 0.6 is 0 Å². The molecule has 0 aliphatic rings. The molecule has 0 saturated carbocycles. The predicted octanol–water partition coefficient (Wildman–Crippen LogP) is 3.01. The molecular formula is C22H29N3O5S. The molecule has 0 aliphatic heterocycles. The van der Waals surface area contributed by atoms with E-state index < -0.39 is 21.2 Å². The molecule has 0 saturated heterocycles. The summed E-state index contributed by atoms with van der Waals surface area (Å²) in [6.45, 7) is 7.45. The van der Waals surface area contributed by atoms with Gasteiger partial charge in [-0.1, -0.05) is 19.1 Å². The van der Waals surface area contributed by atoms with Gasteiger partial charge in [-0.05, 0) is 44.9 Å². The largest absolute Gasteiger partial charge is 0.492 e. The fraction of sp³-hybridized carbons (Fsp3) is 0.455. The Kier molecular flexibility index (Phi) is 8.25. The third kappa shape index (κ3) is 5.46. The number of hydrogen-bond donors (Lipinski definition) is 1. The van der Waals surface area contributed by atoms with Gasteiger partial charge in [0.2, 0.25) is 10.0 Å². The number of carbonyl (C=O) groups is 1. The predicted molar refractivity (Wildman–Crippen MR) is 118 cm³/mol. The van der Waals surface area contributed by atoms with E-state index in [0.717, 1.165) is 5.69 Å². The quantitative estimate of drug-likeness (QED) is 0.443. The monoisotopic (exact) mass is 447 g/mol. The second-order valence-electron chi connectivity index (χ2n) is 7.15. The molecule has 168 valence electrons. The smallest absolute Gasteiger partial charge is 0.355 e. The van der Waals surface area contributed by atoms with Crippen LogP contribution < -0.4 is 9.46 Å². The highest BCUT2D eigenvalue weighted by Gasteiger charge is 2.26. The van der Waals surface area contributed by atoms with Crippen molar-refractivity contribution in [2.45, 2.75) is 39.4 Å². The van der Waals surface area contributed by atoms with Crippen LogP contribution in [-0.4, -0.2) is 44.0 Å². The summed E-state index contributed by atoms with van der Waals surface area (Å²) in [5.41, 5.74) is 2.79. The molecule has 0 amide bonds. The van der Waals surface area contributed by atoms with E-state index in [1.807, 2.05) is 6.92 Å². The molecule has 2 rings (SSSR count). The molecule has 31 heavy (non-hydrogen) atoms. The van der Waals surface area contributed by atoms with Gasteiger partial charge in [0.1, 0.15) is 24.1 Å². The Bertz CT molecular complexity index is 1060. The molecule has 8 nitrogen and oxygen atoms in total. The van der Waals surface area contributed by atoms with Crippen molar-refractivity contribution >= 4 is 16.0 Å². The van der Waals surface area contributed by atoms with Crippen LogP contribution in [0.1, 0.15) is 49.4 Å². The van der Waals surface area contributed by atoms with Gasteiger partial charge in [0.05, 0.1) is 17.4 Å². The number of nitriles is 1. The summed E-state index contributed by atoms with van der Waals surface area (Å²) in [6, 6.07) is 9.21. The van der Waals surface area contributed by atoms with Gasteiger partial charge < -0.3 is 14.0 Å². The Morgan fingerprint density at radius 2 is 1.87 bits per heavy atom. The summed E-state index contributed by atoms with van der Waals surface area (Å²) < 4.78 is 38.5. The Labute approximate surface area is 183 Å². The number of nitrogens with zero attached hydrogens (tertiary/aromatic N) is 2. The molecule has 1 aromatic heterocycles.